The first kappa shape index (κ1) is 15.2. The second kappa shape index (κ2) is 7.55. The number of nitrogens with zero attached hydrogens (tertiary/aromatic N) is 1. The van der Waals surface area contributed by atoms with Crippen molar-refractivity contribution in [1.82, 2.24) is 4.98 Å². The van der Waals surface area contributed by atoms with E-state index in [0.717, 1.165) is 27.1 Å². The zero-order chi connectivity index (χ0) is 13.7. The highest BCUT2D eigenvalue weighted by atomic mass is 79.9. The molecule has 0 aliphatic carbocycles. The zero-order valence-corrected chi connectivity index (χ0v) is 15.1. The third-order valence-corrected chi connectivity index (χ3v) is 4.76. The van der Waals surface area contributed by atoms with Gasteiger partial charge in [-0.1, -0.05) is 44.0 Å². The Hall–Kier alpha value is -0.190. The van der Waals surface area contributed by atoms with Crippen molar-refractivity contribution in [3.63, 3.8) is 0 Å². The zero-order valence-electron chi connectivity index (χ0n) is 10.3. The van der Waals surface area contributed by atoms with Crippen LogP contribution in [-0.2, 0) is 12.8 Å². The number of benzene rings is 1. The largest absolute Gasteiger partial charge is 0.263 e. The Bertz CT molecular complexity index is 495. The Morgan fingerprint density at radius 1 is 0.947 bits per heavy atom. The van der Waals surface area contributed by atoms with Crippen LogP contribution < -0.4 is 0 Å². The highest BCUT2D eigenvalue weighted by Gasteiger charge is 2.10. The van der Waals surface area contributed by atoms with E-state index in [1.165, 1.54) is 11.1 Å². The van der Waals surface area contributed by atoms with Gasteiger partial charge in [0, 0.05) is 26.7 Å². The molecule has 1 unspecified atom stereocenters. The molecule has 19 heavy (non-hydrogen) atoms. The van der Waals surface area contributed by atoms with Crippen molar-refractivity contribution < 1.29 is 0 Å². The van der Waals surface area contributed by atoms with Crippen LogP contribution in [0.4, 0.5) is 0 Å². The summed E-state index contributed by atoms with van der Waals surface area (Å²) in [6.45, 7) is 0. The molecule has 2 aromatic rings. The normalized spacial score (nSPS) is 12.4. The number of hydrogen-bond acceptors (Lipinski definition) is 1. The van der Waals surface area contributed by atoms with Gasteiger partial charge in [0.25, 0.3) is 0 Å². The van der Waals surface area contributed by atoms with E-state index in [1.54, 1.807) is 0 Å². The van der Waals surface area contributed by atoms with Crippen molar-refractivity contribution in [2.75, 3.05) is 5.33 Å². The van der Waals surface area contributed by atoms with Gasteiger partial charge in [-0.3, -0.25) is 4.98 Å². The monoisotopic (exact) mass is 445 g/mol. The van der Waals surface area contributed by atoms with Gasteiger partial charge in [-0.05, 0) is 64.0 Å². The number of alkyl halides is 1. The summed E-state index contributed by atoms with van der Waals surface area (Å²) in [6.07, 6.45) is 5.86. The summed E-state index contributed by atoms with van der Waals surface area (Å²) in [5, 5.41) is 0.992. The molecule has 0 bridgehead atoms. The minimum absolute atomic E-state index is 0.574. The van der Waals surface area contributed by atoms with E-state index in [0.29, 0.717) is 5.92 Å². The van der Waals surface area contributed by atoms with Gasteiger partial charge in [0.15, 0.2) is 0 Å². The molecule has 1 aromatic heterocycles. The lowest BCUT2D eigenvalue weighted by Gasteiger charge is -2.14. The minimum Gasteiger partial charge on any atom is -0.263 e. The third kappa shape index (κ3) is 5.01. The maximum Gasteiger partial charge on any atom is 0.0410 e. The molecule has 0 N–H and O–H groups in total. The van der Waals surface area contributed by atoms with Gasteiger partial charge < -0.3 is 0 Å². The first-order valence-electron chi connectivity index (χ1n) is 6.07. The third-order valence-electron chi connectivity index (χ3n) is 2.92. The van der Waals surface area contributed by atoms with Crippen LogP contribution in [0.3, 0.4) is 0 Å². The lowest BCUT2D eigenvalue weighted by Crippen LogP contribution is -2.10. The number of halogens is 3. The van der Waals surface area contributed by atoms with Gasteiger partial charge in [-0.2, -0.15) is 0 Å². The molecule has 2 rings (SSSR count). The van der Waals surface area contributed by atoms with E-state index in [-0.39, 0.29) is 0 Å². The molecular weight excluding hydrogens is 434 g/mol. The van der Waals surface area contributed by atoms with Crippen molar-refractivity contribution in [2.24, 2.45) is 5.92 Å². The van der Waals surface area contributed by atoms with E-state index in [4.69, 9.17) is 0 Å². The van der Waals surface area contributed by atoms with E-state index < -0.39 is 0 Å². The molecule has 0 amide bonds. The maximum atomic E-state index is 4.22. The van der Waals surface area contributed by atoms with E-state index in [9.17, 15) is 0 Å². The summed E-state index contributed by atoms with van der Waals surface area (Å²) in [5.74, 6) is 0.574. The minimum atomic E-state index is 0.574. The second-order valence-corrected chi connectivity index (χ2v) is 7.05. The summed E-state index contributed by atoms with van der Waals surface area (Å²) in [5.41, 5.74) is 2.63. The summed E-state index contributed by atoms with van der Waals surface area (Å²) in [7, 11) is 0. The molecule has 1 nitrogen and oxygen atoms in total. The molecule has 0 saturated carbocycles. The van der Waals surface area contributed by atoms with Crippen molar-refractivity contribution in [1.29, 1.82) is 0 Å². The average Bonchev–Trinajstić information content (AvgIpc) is 2.38. The molecule has 1 atom stereocenters. The number of pyridine rings is 1. The molecule has 100 valence electrons. The number of hydrogen-bond donors (Lipinski definition) is 0. The molecule has 0 aliphatic heterocycles. The Morgan fingerprint density at radius 2 is 1.68 bits per heavy atom. The highest BCUT2D eigenvalue weighted by molar-refractivity contribution is 9.10. The smallest absolute Gasteiger partial charge is 0.0410 e. The van der Waals surface area contributed by atoms with Crippen molar-refractivity contribution in [2.45, 2.75) is 12.8 Å². The van der Waals surface area contributed by atoms with Crippen LogP contribution >= 0.6 is 47.8 Å². The quantitative estimate of drug-likeness (QED) is 0.559. The van der Waals surface area contributed by atoms with Crippen LogP contribution in [-0.4, -0.2) is 10.3 Å². The summed E-state index contributed by atoms with van der Waals surface area (Å²) in [6, 6.07) is 10.7. The number of rotatable bonds is 5. The van der Waals surface area contributed by atoms with E-state index >= 15 is 0 Å². The van der Waals surface area contributed by atoms with Gasteiger partial charge in [-0.25, -0.2) is 0 Å². The van der Waals surface area contributed by atoms with Crippen LogP contribution in [0.15, 0.2) is 51.7 Å². The fourth-order valence-electron chi connectivity index (χ4n) is 2.08. The molecule has 0 fully saturated rings. The molecule has 4 heteroatoms. The van der Waals surface area contributed by atoms with E-state index in [2.05, 4.69) is 83.1 Å². The Balaban J connectivity index is 2.04. The van der Waals surface area contributed by atoms with Crippen molar-refractivity contribution in [3.8, 4) is 0 Å². The Kier molecular flexibility index (Phi) is 6.05. The van der Waals surface area contributed by atoms with Crippen molar-refractivity contribution >= 4 is 47.8 Å². The molecule has 1 aromatic carbocycles. The van der Waals surface area contributed by atoms with Gasteiger partial charge in [0.05, 0.1) is 0 Å². The van der Waals surface area contributed by atoms with E-state index in [1.807, 2.05) is 12.4 Å². The Morgan fingerprint density at radius 3 is 2.37 bits per heavy atom. The van der Waals surface area contributed by atoms with Gasteiger partial charge >= 0.3 is 0 Å². The first-order valence-corrected chi connectivity index (χ1v) is 8.78. The number of aromatic nitrogens is 1. The summed E-state index contributed by atoms with van der Waals surface area (Å²) < 4.78 is 2.18. The van der Waals surface area contributed by atoms with Crippen molar-refractivity contribution in [3.05, 3.63) is 62.8 Å². The second-order valence-electron chi connectivity index (χ2n) is 4.57. The molecule has 1 heterocycles. The molecule has 0 radical (unpaired) electrons. The van der Waals surface area contributed by atoms with Gasteiger partial charge in [0.1, 0.15) is 0 Å². The molecule has 0 saturated heterocycles. The summed E-state index contributed by atoms with van der Waals surface area (Å²) in [4.78, 5) is 4.22. The maximum absolute atomic E-state index is 4.22. The average molecular weight is 448 g/mol. The fraction of sp³-hybridized carbons (Fsp3) is 0.267. The van der Waals surface area contributed by atoms with Crippen LogP contribution in [0.5, 0.6) is 0 Å². The standard InChI is InChI=1S/C15H14Br3N/c16-8-12(4-11-2-1-3-14(17)6-11)5-13-7-15(18)10-19-9-13/h1-3,6-7,9-10,12H,4-5,8H2. The van der Waals surface area contributed by atoms with Gasteiger partial charge in [0.2, 0.25) is 0 Å². The van der Waals surface area contributed by atoms with Crippen LogP contribution in [0.25, 0.3) is 0 Å². The summed E-state index contributed by atoms with van der Waals surface area (Å²) >= 11 is 10.6. The fourth-order valence-corrected chi connectivity index (χ4v) is 3.40. The highest BCUT2D eigenvalue weighted by Crippen LogP contribution is 2.20. The molecular formula is C15H14Br3N. The molecule has 0 aliphatic rings. The van der Waals surface area contributed by atoms with Crippen LogP contribution in [0.2, 0.25) is 0 Å². The SMILES string of the molecule is BrCC(Cc1cccc(Br)c1)Cc1cncc(Br)c1. The first-order chi connectivity index (χ1) is 9.17. The lowest BCUT2D eigenvalue weighted by molar-refractivity contribution is 0.590. The van der Waals surface area contributed by atoms with Crippen LogP contribution in [0, 0.1) is 5.92 Å². The molecule has 0 spiro atoms. The predicted molar refractivity (Wildman–Crippen MR) is 90.8 cm³/mol. The Labute approximate surface area is 139 Å². The lowest BCUT2D eigenvalue weighted by atomic mass is 9.95. The van der Waals surface area contributed by atoms with Crippen LogP contribution in [0.1, 0.15) is 11.1 Å². The predicted octanol–water partition coefficient (Wildman–Crippen LogP) is 5.40. The van der Waals surface area contributed by atoms with Gasteiger partial charge in [-0.15, -0.1) is 0 Å². The topological polar surface area (TPSA) is 12.9 Å².